The number of rotatable bonds is 1. The van der Waals surface area contributed by atoms with Crippen molar-refractivity contribution in [2.75, 3.05) is 0 Å². The second kappa shape index (κ2) is 2.01. The van der Waals surface area contributed by atoms with Crippen LogP contribution in [0.25, 0.3) is 0 Å². The van der Waals surface area contributed by atoms with Crippen molar-refractivity contribution < 1.29 is 5.11 Å². The van der Waals surface area contributed by atoms with E-state index in [0.717, 1.165) is 0 Å². The van der Waals surface area contributed by atoms with Crippen LogP contribution in [0.5, 0.6) is 0 Å². The van der Waals surface area contributed by atoms with Crippen molar-refractivity contribution in [3.8, 4) is 0 Å². The van der Waals surface area contributed by atoms with Crippen LogP contribution in [0, 0.1) is 0 Å². The first kappa shape index (κ1) is 5.38. The zero-order valence-corrected chi connectivity index (χ0v) is 4.78. The molecule has 0 bridgehead atoms. The summed E-state index contributed by atoms with van der Waals surface area (Å²) in [5.41, 5.74) is 0. The van der Waals surface area contributed by atoms with E-state index in [4.69, 9.17) is 5.11 Å². The van der Waals surface area contributed by atoms with Crippen molar-refractivity contribution in [3.05, 3.63) is 24.5 Å². The topological polar surface area (TPSA) is 25.2 Å². The highest BCUT2D eigenvalue weighted by atomic mass is 16.3. The predicted octanol–water partition coefficient (Wildman–Crippen LogP) is 0.999. The Bertz CT molecular complexity index is 144. The zero-order chi connectivity index (χ0) is 5.98. The monoisotopic (exact) mass is 111 g/mol. The first-order valence-corrected chi connectivity index (χ1v) is 2.61. The van der Waals surface area contributed by atoms with Gasteiger partial charge in [0.15, 0.2) is 0 Å². The number of aliphatic hydroxyl groups is 1. The highest BCUT2D eigenvalue weighted by Gasteiger charge is 1.91. The van der Waals surface area contributed by atoms with Gasteiger partial charge in [-0.05, 0) is 19.1 Å². The SMILES string of the molecule is CC(O)n1cccc1. The third-order valence-electron chi connectivity index (χ3n) is 1.06. The Morgan fingerprint density at radius 2 is 1.88 bits per heavy atom. The quantitative estimate of drug-likeness (QED) is 0.574. The van der Waals surface area contributed by atoms with Crippen molar-refractivity contribution >= 4 is 0 Å². The van der Waals surface area contributed by atoms with E-state index < -0.39 is 6.23 Å². The third-order valence-corrected chi connectivity index (χ3v) is 1.06. The van der Waals surface area contributed by atoms with E-state index in [0.29, 0.717) is 0 Å². The second-order valence-electron chi connectivity index (χ2n) is 1.76. The van der Waals surface area contributed by atoms with Crippen LogP contribution in [-0.2, 0) is 0 Å². The van der Waals surface area contributed by atoms with E-state index in [1.54, 1.807) is 11.5 Å². The summed E-state index contributed by atoms with van der Waals surface area (Å²) >= 11 is 0. The number of nitrogens with zero attached hydrogens (tertiary/aromatic N) is 1. The lowest BCUT2D eigenvalue weighted by Crippen LogP contribution is -1.98. The van der Waals surface area contributed by atoms with E-state index in [1.807, 2.05) is 24.5 Å². The average molecular weight is 111 g/mol. The normalized spacial score (nSPS) is 13.8. The molecule has 1 aromatic heterocycles. The summed E-state index contributed by atoms with van der Waals surface area (Å²) in [6, 6.07) is 3.76. The van der Waals surface area contributed by atoms with Gasteiger partial charge in [0.25, 0.3) is 0 Å². The molecule has 1 N–H and O–H groups in total. The molecule has 0 aliphatic rings. The largest absolute Gasteiger partial charge is 0.374 e. The summed E-state index contributed by atoms with van der Waals surface area (Å²) in [6.45, 7) is 1.72. The highest BCUT2D eigenvalue weighted by molar-refractivity contribution is 4.90. The first-order chi connectivity index (χ1) is 3.80. The Morgan fingerprint density at radius 3 is 2.12 bits per heavy atom. The molecule has 8 heavy (non-hydrogen) atoms. The fourth-order valence-corrected chi connectivity index (χ4v) is 0.597. The zero-order valence-electron chi connectivity index (χ0n) is 4.78. The van der Waals surface area contributed by atoms with Crippen LogP contribution in [0.2, 0.25) is 0 Å². The van der Waals surface area contributed by atoms with Crippen molar-refractivity contribution in [1.29, 1.82) is 0 Å². The first-order valence-electron chi connectivity index (χ1n) is 2.61. The summed E-state index contributed by atoms with van der Waals surface area (Å²) in [7, 11) is 0. The molecule has 1 atom stereocenters. The number of hydrogen-bond acceptors (Lipinski definition) is 1. The number of aromatic nitrogens is 1. The van der Waals surface area contributed by atoms with Crippen molar-refractivity contribution in [3.63, 3.8) is 0 Å². The molecule has 1 unspecified atom stereocenters. The van der Waals surface area contributed by atoms with Gasteiger partial charge in [0.1, 0.15) is 6.23 Å². The maximum absolute atomic E-state index is 8.88. The Labute approximate surface area is 48.4 Å². The van der Waals surface area contributed by atoms with Crippen molar-refractivity contribution in [1.82, 2.24) is 4.57 Å². The molecule has 1 rings (SSSR count). The molecule has 0 fully saturated rings. The van der Waals surface area contributed by atoms with Crippen LogP contribution in [0.4, 0.5) is 0 Å². The fourth-order valence-electron chi connectivity index (χ4n) is 0.597. The highest BCUT2D eigenvalue weighted by Crippen LogP contribution is 1.98. The Hall–Kier alpha value is -0.760. The third kappa shape index (κ3) is 0.898. The molecule has 2 nitrogen and oxygen atoms in total. The smallest absolute Gasteiger partial charge is 0.127 e. The van der Waals surface area contributed by atoms with Gasteiger partial charge in [0.2, 0.25) is 0 Å². The summed E-state index contributed by atoms with van der Waals surface area (Å²) in [5, 5.41) is 8.88. The van der Waals surface area contributed by atoms with E-state index in [1.165, 1.54) is 0 Å². The van der Waals surface area contributed by atoms with Gasteiger partial charge in [-0.3, -0.25) is 0 Å². The van der Waals surface area contributed by atoms with E-state index in [2.05, 4.69) is 0 Å². The summed E-state index contributed by atoms with van der Waals surface area (Å²) in [5.74, 6) is 0. The molecule has 0 saturated carbocycles. The van der Waals surface area contributed by atoms with E-state index in [9.17, 15) is 0 Å². The van der Waals surface area contributed by atoms with Crippen molar-refractivity contribution in [2.24, 2.45) is 0 Å². The lowest BCUT2D eigenvalue weighted by atomic mass is 10.6. The molecular formula is C6H9NO. The van der Waals surface area contributed by atoms with Gasteiger partial charge in [-0.2, -0.15) is 0 Å². The van der Waals surface area contributed by atoms with E-state index in [-0.39, 0.29) is 0 Å². The van der Waals surface area contributed by atoms with Gasteiger partial charge in [-0.1, -0.05) is 0 Å². The maximum atomic E-state index is 8.88. The summed E-state index contributed by atoms with van der Waals surface area (Å²) in [6.07, 6.45) is 3.25. The maximum Gasteiger partial charge on any atom is 0.127 e. The molecular weight excluding hydrogens is 102 g/mol. The standard InChI is InChI=1S/C6H9NO/c1-6(8)7-4-2-3-5-7/h2-6,8H,1H3. The second-order valence-corrected chi connectivity index (χ2v) is 1.76. The van der Waals surface area contributed by atoms with Crippen LogP contribution >= 0.6 is 0 Å². The number of hydrogen-bond donors (Lipinski definition) is 1. The Balaban J connectivity index is 2.77. The van der Waals surface area contributed by atoms with Crippen LogP contribution in [0.1, 0.15) is 13.2 Å². The molecule has 1 heterocycles. The minimum Gasteiger partial charge on any atom is -0.374 e. The van der Waals surface area contributed by atoms with Gasteiger partial charge in [0, 0.05) is 12.4 Å². The minimum absolute atomic E-state index is 0.398. The molecule has 0 amide bonds. The molecule has 0 radical (unpaired) electrons. The van der Waals surface area contributed by atoms with Gasteiger partial charge >= 0.3 is 0 Å². The molecule has 2 heteroatoms. The van der Waals surface area contributed by atoms with Gasteiger partial charge in [-0.15, -0.1) is 0 Å². The number of aliphatic hydroxyl groups excluding tert-OH is 1. The molecule has 0 saturated heterocycles. The van der Waals surface area contributed by atoms with Crippen LogP contribution in [0.3, 0.4) is 0 Å². The van der Waals surface area contributed by atoms with E-state index >= 15 is 0 Å². The average Bonchev–Trinajstić information content (AvgIpc) is 2.12. The lowest BCUT2D eigenvalue weighted by Gasteiger charge is -2.02. The van der Waals surface area contributed by atoms with Gasteiger partial charge in [0.05, 0.1) is 0 Å². The molecule has 0 spiro atoms. The van der Waals surface area contributed by atoms with Gasteiger partial charge in [-0.25, -0.2) is 0 Å². The van der Waals surface area contributed by atoms with Gasteiger partial charge < -0.3 is 9.67 Å². The lowest BCUT2D eigenvalue weighted by molar-refractivity contribution is 0.125. The summed E-state index contributed by atoms with van der Waals surface area (Å²) in [4.78, 5) is 0. The molecule has 44 valence electrons. The fraction of sp³-hybridized carbons (Fsp3) is 0.333. The minimum atomic E-state index is -0.398. The van der Waals surface area contributed by atoms with Crippen molar-refractivity contribution in [2.45, 2.75) is 13.2 Å². The molecule has 0 aliphatic carbocycles. The molecule has 0 aromatic carbocycles. The Morgan fingerprint density at radius 1 is 1.38 bits per heavy atom. The van der Waals surface area contributed by atoms with Crippen LogP contribution < -0.4 is 0 Å². The predicted molar refractivity (Wildman–Crippen MR) is 31.4 cm³/mol. The summed E-state index contributed by atoms with van der Waals surface area (Å²) < 4.78 is 1.72. The molecule has 1 aromatic rings. The van der Waals surface area contributed by atoms with Crippen LogP contribution in [0.15, 0.2) is 24.5 Å². The molecule has 0 aliphatic heterocycles. The van der Waals surface area contributed by atoms with Crippen LogP contribution in [-0.4, -0.2) is 9.67 Å². The Kier molecular flexibility index (Phi) is 1.35.